The van der Waals surface area contributed by atoms with Crippen LogP contribution in [-0.4, -0.2) is 33.6 Å². The third-order valence-electron chi connectivity index (χ3n) is 10.3. The molecule has 3 aromatic rings. The van der Waals surface area contributed by atoms with Gasteiger partial charge in [0.1, 0.15) is 11.5 Å². The number of hydrogen-bond donors (Lipinski definition) is 4. The van der Waals surface area contributed by atoms with Crippen molar-refractivity contribution in [3.8, 4) is 11.5 Å². The van der Waals surface area contributed by atoms with Gasteiger partial charge in [0.05, 0.1) is 5.92 Å². The van der Waals surface area contributed by atoms with E-state index in [1.807, 2.05) is 0 Å². The summed E-state index contributed by atoms with van der Waals surface area (Å²) in [7, 11) is 0. The predicted molar refractivity (Wildman–Crippen MR) is 173 cm³/mol. The zero-order valence-corrected chi connectivity index (χ0v) is 26.4. The van der Waals surface area contributed by atoms with E-state index in [1.165, 1.54) is 12.8 Å². The maximum absolute atomic E-state index is 12.2. The van der Waals surface area contributed by atoms with Crippen LogP contribution in [-0.2, 0) is 23.7 Å². The lowest BCUT2D eigenvalue weighted by atomic mass is 9.68. The second-order valence-electron chi connectivity index (χ2n) is 13.5. The molecule has 0 spiro atoms. The van der Waals surface area contributed by atoms with Gasteiger partial charge < -0.3 is 20.4 Å². The van der Waals surface area contributed by atoms with Crippen molar-refractivity contribution in [2.24, 2.45) is 0 Å². The van der Waals surface area contributed by atoms with Gasteiger partial charge >= 0.3 is 0 Å². The summed E-state index contributed by atoms with van der Waals surface area (Å²) < 4.78 is 0. The molecule has 42 heavy (non-hydrogen) atoms. The zero-order valence-electron chi connectivity index (χ0n) is 25.6. The molecule has 1 heterocycles. The number of hydrogen-bond acceptors (Lipinski definition) is 5. The van der Waals surface area contributed by atoms with Crippen molar-refractivity contribution in [2.45, 2.75) is 120 Å². The fourth-order valence-electron chi connectivity index (χ4n) is 7.79. The number of aliphatic hydroxyl groups is 2. The van der Waals surface area contributed by atoms with Gasteiger partial charge in [-0.3, -0.25) is 0 Å². The van der Waals surface area contributed by atoms with E-state index in [0.717, 1.165) is 102 Å². The van der Waals surface area contributed by atoms with Crippen LogP contribution in [0, 0.1) is 0 Å². The lowest BCUT2D eigenvalue weighted by Crippen LogP contribution is -2.26. The number of phenols is 2. The minimum absolute atomic E-state index is 0.0991. The Morgan fingerprint density at radius 1 is 0.690 bits per heavy atom. The van der Waals surface area contributed by atoms with E-state index >= 15 is 0 Å². The van der Waals surface area contributed by atoms with Gasteiger partial charge in [-0.15, -0.1) is 11.3 Å². The van der Waals surface area contributed by atoms with Gasteiger partial charge in [-0.1, -0.05) is 82.7 Å². The highest BCUT2D eigenvalue weighted by atomic mass is 32.1. The Labute approximate surface area is 256 Å². The summed E-state index contributed by atoms with van der Waals surface area (Å²) in [6, 6.07) is 12.8. The third kappa shape index (κ3) is 6.44. The number of rotatable bonds is 11. The van der Waals surface area contributed by atoms with Crippen LogP contribution < -0.4 is 0 Å². The number of aromatic hydroxyl groups is 2. The summed E-state index contributed by atoms with van der Waals surface area (Å²) in [5.74, 6) is 0.400. The predicted octanol–water partition coefficient (Wildman–Crippen LogP) is 8.63. The van der Waals surface area contributed by atoms with Crippen LogP contribution in [0.5, 0.6) is 11.5 Å². The molecular formula is C37H50O4S. The first-order valence-corrected chi connectivity index (χ1v) is 17.2. The van der Waals surface area contributed by atoms with Crippen molar-refractivity contribution in [2.75, 3.05) is 13.2 Å². The summed E-state index contributed by atoms with van der Waals surface area (Å²) in [6.45, 7) is 4.87. The van der Waals surface area contributed by atoms with E-state index < -0.39 is 0 Å². The third-order valence-corrected chi connectivity index (χ3v) is 11.2. The van der Waals surface area contributed by atoms with E-state index in [4.69, 9.17) is 0 Å². The normalized spacial score (nSPS) is 18.4. The van der Waals surface area contributed by atoms with Crippen molar-refractivity contribution >= 4 is 11.3 Å². The Bertz CT molecular complexity index is 1230. The number of phenolic OH excluding ortho intramolecular Hbond substituents is 2. The topological polar surface area (TPSA) is 80.9 Å². The Hall–Kier alpha value is -2.34. The fourth-order valence-corrected chi connectivity index (χ4v) is 8.65. The Balaban J connectivity index is 1.74. The molecule has 1 aromatic heterocycles. The summed E-state index contributed by atoms with van der Waals surface area (Å²) in [5.41, 5.74) is 5.81. The Kier molecular flexibility index (Phi) is 10.0. The largest absolute Gasteiger partial charge is 0.507 e. The molecule has 5 heteroatoms. The zero-order chi connectivity index (χ0) is 29.7. The summed E-state index contributed by atoms with van der Waals surface area (Å²) in [5, 5.41) is 45.8. The van der Waals surface area contributed by atoms with Crippen LogP contribution in [0.3, 0.4) is 0 Å². The number of aliphatic hydroxyl groups excluding tert-OH is 2. The van der Waals surface area contributed by atoms with E-state index in [9.17, 15) is 20.4 Å². The number of aryl methyl sites for hydroxylation is 2. The van der Waals surface area contributed by atoms with E-state index in [2.05, 4.69) is 55.6 Å². The Morgan fingerprint density at radius 3 is 1.52 bits per heavy atom. The highest BCUT2D eigenvalue weighted by molar-refractivity contribution is 7.10. The minimum Gasteiger partial charge on any atom is -0.507 e. The number of benzene rings is 2. The maximum atomic E-state index is 12.2. The minimum atomic E-state index is -0.315. The lowest BCUT2D eigenvalue weighted by molar-refractivity contribution is 0.288. The van der Waals surface area contributed by atoms with Crippen LogP contribution in [0.1, 0.15) is 135 Å². The second kappa shape index (κ2) is 13.5. The molecule has 5 rings (SSSR count). The first kappa shape index (κ1) is 31.1. The molecule has 2 saturated carbocycles. The van der Waals surface area contributed by atoms with Crippen LogP contribution >= 0.6 is 11.3 Å². The summed E-state index contributed by atoms with van der Waals surface area (Å²) in [6.07, 6.45) is 14.2. The molecule has 0 unspecified atom stereocenters. The Morgan fingerprint density at radius 2 is 1.14 bits per heavy atom. The quantitative estimate of drug-likeness (QED) is 0.180. The van der Waals surface area contributed by atoms with Crippen molar-refractivity contribution in [3.05, 3.63) is 80.0 Å². The molecule has 4 N–H and O–H groups in total. The summed E-state index contributed by atoms with van der Waals surface area (Å²) >= 11 is 1.66. The second-order valence-corrected chi connectivity index (χ2v) is 14.5. The van der Waals surface area contributed by atoms with Crippen molar-refractivity contribution in [1.29, 1.82) is 0 Å². The van der Waals surface area contributed by atoms with Crippen LogP contribution in [0.2, 0.25) is 0 Å². The van der Waals surface area contributed by atoms with E-state index in [0.29, 0.717) is 24.3 Å². The molecule has 228 valence electrons. The molecule has 0 amide bonds. The van der Waals surface area contributed by atoms with Crippen molar-refractivity contribution in [1.82, 2.24) is 0 Å². The molecule has 0 radical (unpaired) electrons. The average Bonchev–Trinajstić information content (AvgIpc) is 3.52. The molecule has 0 bridgehead atoms. The average molecular weight is 591 g/mol. The van der Waals surface area contributed by atoms with E-state index in [-0.39, 0.29) is 30.0 Å². The van der Waals surface area contributed by atoms with Crippen molar-refractivity contribution < 1.29 is 20.4 Å². The SMILES string of the molecule is CC1(c2cc(CCCO)cc(C(c3cccs3)c3cc(CCCO)cc(C4(C)CCCCC4)c3O)c2O)CCCCC1. The van der Waals surface area contributed by atoms with Gasteiger partial charge in [-0.05, 0) is 84.8 Å². The molecule has 2 aliphatic carbocycles. The van der Waals surface area contributed by atoms with Crippen LogP contribution in [0.25, 0.3) is 0 Å². The molecule has 2 aromatic carbocycles. The van der Waals surface area contributed by atoms with Crippen molar-refractivity contribution in [3.63, 3.8) is 0 Å². The highest BCUT2D eigenvalue weighted by Crippen LogP contribution is 2.52. The van der Waals surface area contributed by atoms with Gasteiger partial charge in [-0.25, -0.2) is 0 Å². The molecule has 2 fully saturated rings. The summed E-state index contributed by atoms with van der Waals surface area (Å²) in [4.78, 5) is 1.10. The molecule has 0 atom stereocenters. The van der Waals surface area contributed by atoms with Gasteiger partial charge in [0.25, 0.3) is 0 Å². The standard InChI is InChI=1S/C37H50O4S/c1-36(15-5-3-6-16-36)30-24-26(12-9-19-38)22-28(34(30)40)33(32-14-11-21-42-32)29-23-27(13-10-20-39)25-31(35(29)41)37(2)17-7-4-8-18-37/h11,14,21-25,33,38-41H,3-10,12-13,15-20H2,1-2H3. The molecule has 0 aliphatic heterocycles. The highest BCUT2D eigenvalue weighted by Gasteiger charge is 2.37. The first-order valence-electron chi connectivity index (χ1n) is 16.3. The molecular weight excluding hydrogens is 540 g/mol. The molecule has 2 aliphatic rings. The fraction of sp³-hybridized carbons (Fsp3) is 0.568. The smallest absolute Gasteiger partial charge is 0.123 e. The lowest BCUT2D eigenvalue weighted by Gasteiger charge is -2.37. The first-order chi connectivity index (χ1) is 20.3. The molecule has 0 saturated heterocycles. The number of thiophene rings is 1. The molecule has 4 nitrogen and oxygen atoms in total. The van der Waals surface area contributed by atoms with Crippen LogP contribution in [0.4, 0.5) is 0 Å². The maximum Gasteiger partial charge on any atom is 0.123 e. The van der Waals surface area contributed by atoms with Gasteiger partial charge in [-0.2, -0.15) is 0 Å². The van der Waals surface area contributed by atoms with Gasteiger partial charge in [0.15, 0.2) is 0 Å². The van der Waals surface area contributed by atoms with Crippen LogP contribution in [0.15, 0.2) is 41.8 Å². The van der Waals surface area contributed by atoms with Gasteiger partial charge in [0.2, 0.25) is 0 Å². The van der Waals surface area contributed by atoms with Gasteiger partial charge in [0, 0.05) is 40.3 Å². The van der Waals surface area contributed by atoms with E-state index in [1.54, 1.807) is 11.3 Å². The monoisotopic (exact) mass is 590 g/mol.